The van der Waals surface area contributed by atoms with Crippen LogP contribution in [0.15, 0.2) is 42.5 Å². The number of fused-ring (bicyclic) bond motifs is 1. The van der Waals surface area contributed by atoms with Gasteiger partial charge in [-0.25, -0.2) is 4.98 Å². The molecule has 1 heterocycles. The maximum atomic E-state index is 12.3. The molecule has 0 bridgehead atoms. The Hall–Kier alpha value is -2.62. The first kappa shape index (κ1) is 14.3. The Morgan fingerprint density at radius 3 is 2.82 bits per heavy atom. The number of amides is 1. The highest BCUT2D eigenvalue weighted by atomic mass is 16.1. The predicted octanol–water partition coefficient (Wildman–Crippen LogP) is 3.36. The van der Waals surface area contributed by atoms with E-state index in [-0.39, 0.29) is 5.91 Å². The van der Waals surface area contributed by atoms with Gasteiger partial charge in [0, 0.05) is 18.5 Å². The van der Waals surface area contributed by atoms with E-state index >= 15 is 0 Å². The average Bonchev–Trinajstić information content (AvgIpc) is 2.96. The molecule has 0 unspecified atom stereocenters. The minimum atomic E-state index is -0.0715. The highest BCUT2D eigenvalue weighted by Gasteiger charge is 2.09. The fraction of sp³-hybridized carbons (Fsp3) is 0.222. The molecule has 2 aromatic carbocycles. The van der Waals surface area contributed by atoms with Crippen molar-refractivity contribution in [2.45, 2.75) is 26.8 Å². The molecule has 0 aliphatic carbocycles. The molecule has 112 valence electrons. The lowest BCUT2D eigenvalue weighted by Gasteiger charge is -2.08. The first-order valence-corrected chi connectivity index (χ1v) is 7.48. The third kappa shape index (κ3) is 2.86. The number of carbonyl (C=O) groups excluding carboxylic acids is 1. The van der Waals surface area contributed by atoms with Crippen LogP contribution in [0.1, 0.15) is 34.2 Å². The van der Waals surface area contributed by atoms with E-state index in [1.807, 2.05) is 56.3 Å². The molecule has 0 aliphatic rings. The van der Waals surface area contributed by atoms with E-state index in [0.29, 0.717) is 12.1 Å². The van der Waals surface area contributed by atoms with Gasteiger partial charge in [-0.15, -0.1) is 0 Å². The second-order valence-corrected chi connectivity index (χ2v) is 5.38. The second-order valence-electron chi connectivity index (χ2n) is 5.38. The summed E-state index contributed by atoms with van der Waals surface area (Å²) in [6.07, 6.45) is 0.851. The molecular weight excluding hydrogens is 274 g/mol. The number of nitrogens with one attached hydrogen (secondary N) is 2. The van der Waals surface area contributed by atoms with Crippen molar-refractivity contribution >= 4 is 16.9 Å². The maximum absolute atomic E-state index is 12.3. The lowest BCUT2D eigenvalue weighted by Crippen LogP contribution is -2.23. The molecule has 1 amide bonds. The van der Waals surface area contributed by atoms with Crippen molar-refractivity contribution in [1.29, 1.82) is 0 Å². The second kappa shape index (κ2) is 6.02. The van der Waals surface area contributed by atoms with Gasteiger partial charge in [0.1, 0.15) is 5.82 Å². The summed E-state index contributed by atoms with van der Waals surface area (Å²) < 4.78 is 0. The highest BCUT2D eigenvalue weighted by Crippen LogP contribution is 2.14. The first-order valence-electron chi connectivity index (χ1n) is 7.48. The molecular formula is C18H19N3O. The molecule has 3 aromatic rings. The number of imidazole rings is 1. The molecule has 0 fully saturated rings. The monoisotopic (exact) mass is 293 g/mol. The van der Waals surface area contributed by atoms with E-state index in [4.69, 9.17) is 0 Å². The normalized spacial score (nSPS) is 10.8. The van der Waals surface area contributed by atoms with Crippen LogP contribution in [-0.2, 0) is 13.0 Å². The van der Waals surface area contributed by atoms with Gasteiger partial charge >= 0.3 is 0 Å². The molecule has 4 nitrogen and oxygen atoms in total. The van der Waals surface area contributed by atoms with Crippen molar-refractivity contribution in [3.05, 3.63) is 65.0 Å². The highest BCUT2D eigenvalue weighted by molar-refractivity contribution is 5.97. The van der Waals surface area contributed by atoms with Gasteiger partial charge in [0.15, 0.2) is 0 Å². The smallest absolute Gasteiger partial charge is 0.251 e. The van der Waals surface area contributed by atoms with E-state index in [0.717, 1.165) is 28.8 Å². The third-order valence-electron chi connectivity index (χ3n) is 3.83. The van der Waals surface area contributed by atoms with E-state index in [9.17, 15) is 4.79 Å². The summed E-state index contributed by atoms with van der Waals surface area (Å²) in [5, 5.41) is 2.97. The molecule has 0 atom stereocenters. The van der Waals surface area contributed by atoms with Crippen molar-refractivity contribution < 1.29 is 4.79 Å². The number of H-pyrrole nitrogens is 1. The standard InChI is InChI=1S/C18H19N3O/c1-3-17-20-15-9-8-13(10-16(15)21-17)18(22)19-11-14-7-5-4-6-12(14)2/h4-10H,3,11H2,1-2H3,(H,19,22)(H,20,21). The largest absolute Gasteiger partial charge is 0.348 e. The summed E-state index contributed by atoms with van der Waals surface area (Å²) in [5.41, 5.74) is 4.76. The summed E-state index contributed by atoms with van der Waals surface area (Å²) in [4.78, 5) is 20.0. The van der Waals surface area contributed by atoms with Gasteiger partial charge in [-0.2, -0.15) is 0 Å². The fourth-order valence-corrected chi connectivity index (χ4v) is 2.46. The van der Waals surface area contributed by atoms with Crippen molar-refractivity contribution in [2.75, 3.05) is 0 Å². The van der Waals surface area contributed by atoms with Crippen molar-refractivity contribution in [3.63, 3.8) is 0 Å². The van der Waals surface area contributed by atoms with Crippen LogP contribution in [0.3, 0.4) is 0 Å². The molecule has 0 saturated carbocycles. The molecule has 0 radical (unpaired) electrons. The van der Waals surface area contributed by atoms with Crippen LogP contribution >= 0.6 is 0 Å². The number of nitrogens with zero attached hydrogens (tertiary/aromatic N) is 1. The number of aryl methyl sites for hydroxylation is 2. The van der Waals surface area contributed by atoms with Crippen LogP contribution < -0.4 is 5.32 Å². The summed E-state index contributed by atoms with van der Waals surface area (Å²) in [6.45, 7) is 4.63. The van der Waals surface area contributed by atoms with Crippen LogP contribution in [0.5, 0.6) is 0 Å². The van der Waals surface area contributed by atoms with Gasteiger partial charge in [0.05, 0.1) is 11.0 Å². The number of aromatic amines is 1. The van der Waals surface area contributed by atoms with E-state index < -0.39 is 0 Å². The maximum Gasteiger partial charge on any atom is 0.251 e. The molecule has 0 spiro atoms. The lowest BCUT2D eigenvalue weighted by atomic mass is 10.1. The number of benzene rings is 2. The topological polar surface area (TPSA) is 57.8 Å². The molecule has 22 heavy (non-hydrogen) atoms. The third-order valence-corrected chi connectivity index (χ3v) is 3.83. The van der Waals surface area contributed by atoms with E-state index in [2.05, 4.69) is 15.3 Å². The minimum absolute atomic E-state index is 0.0715. The van der Waals surface area contributed by atoms with Gasteiger partial charge in [-0.1, -0.05) is 31.2 Å². The van der Waals surface area contributed by atoms with Crippen LogP contribution in [0, 0.1) is 6.92 Å². The van der Waals surface area contributed by atoms with E-state index in [1.54, 1.807) is 0 Å². The van der Waals surface area contributed by atoms with Crippen LogP contribution in [0.25, 0.3) is 11.0 Å². The number of aromatic nitrogens is 2. The Labute approximate surface area is 129 Å². The molecule has 2 N–H and O–H groups in total. The summed E-state index contributed by atoms with van der Waals surface area (Å²) in [5.74, 6) is 0.866. The van der Waals surface area contributed by atoms with Gasteiger partial charge in [0.25, 0.3) is 5.91 Å². The van der Waals surface area contributed by atoms with Crippen LogP contribution in [0.4, 0.5) is 0 Å². The lowest BCUT2D eigenvalue weighted by molar-refractivity contribution is 0.0951. The zero-order chi connectivity index (χ0) is 15.5. The number of rotatable bonds is 4. The Morgan fingerprint density at radius 1 is 1.23 bits per heavy atom. The molecule has 1 aromatic heterocycles. The van der Waals surface area contributed by atoms with Crippen molar-refractivity contribution in [2.24, 2.45) is 0 Å². The molecule has 0 aliphatic heterocycles. The summed E-state index contributed by atoms with van der Waals surface area (Å²) in [7, 11) is 0. The fourth-order valence-electron chi connectivity index (χ4n) is 2.46. The summed E-state index contributed by atoms with van der Waals surface area (Å²) >= 11 is 0. The van der Waals surface area contributed by atoms with Crippen LogP contribution in [0.2, 0.25) is 0 Å². The van der Waals surface area contributed by atoms with Crippen LogP contribution in [-0.4, -0.2) is 15.9 Å². The Kier molecular flexibility index (Phi) is 3.92. The Balaban J connectivity index is 1.76. The first-order chi connectivity index (χ1) is 10.7. The molecule has 3 rings (SSSR count). The van der Waals surface area contributed by atoms with Gasteiger partial charge in [0.2, 0.25) is 0 Å². The summed E-state index contributed by atoms with van der Waals surface area (Å²) in [6, 6.07) is 13.6. The van der Waals surface area contributed by atoms with Gasteiger partial charge in [-0.3, -0.25) is 4.79 Å². The number of carbonyl (C=O) groups is 1. The SMILES string of the molecule is CCc1nc2ccc(C(=O)NCc3ccccc3C)cc2[nH]1. The quantitative estimate of drug-likeness (QED) is 0.775. The van der Waals surface area contributed by atoms with Crippen molar-refractivity contribution in [1.82, 2.24) is 15.3 Å². The Morgan fingerprint density at radius 2 is 2.05 bits per heavy atom. The zero-order valence-corrected chi connectivity index (χ0v) is 12.8. The van der Waals surface area contributed by atoms with Gasteiger partial charge < -0.3 is 10.3 Å². The van der Waals surface area contributed by atoms with E-state index in [1.165, 1.54) is 5.56 Å². The number of hydrogen-bond donors (Lipinski definition) is 2. The average molecular weight is 293 g/mol. The van der Waals surface area contributed by atoms with Crippen molar-refractivity contribution in [3.8, 4) is 0 Å². The minimum Gasteiger partial charge on any atom is -0.348 e. The zero-order valence-electron chi connectivity index (χ0n) is 12.8. The molecule has 4 heteroatoms. The predicted molar refractivity (Wildman–Crippen MR) is 87.8 cm³/mol. The van der Waals surface area contributed by atoms with Gasteiger partial charge in [-0.05, 0) is 36.2 Å². The Bertz CT molecular complexity index is 820. The number of hydrogen-bond acceptors (Lipinski definition) is 2. The molecule has 0 saturated heterocycles.